The van der Waals surface area contributed by atoms with Gasteiger partial charge in [-0.2, -0.15) is 0 Å². The molecule has 1 amide bonds. The fourth-order valence-electron chi connectivity index (χ4n) is 3.53. The molecule has 0 atom stereocenters. The van der Waals surface area contributed by atoms with Crippen molar-refractivity contribution in [3.63, 3.8) is 0 Å². The van der Waals surface area contributed by atoms with Crippen molar-refractivity contribution >= 4 is 27.6 Å². The van der Waals surface area contributed by atoms with Gasteiger partial charge in [-0.05, 0) is 68.4 Å². The fraction of sp³-hybridized carbons (Fsp3) is 0.462. The van der Waals surface area contributed by atoms with Gasteiger partial charge in [0.05, 0.1) is 10.5 Å². The van der Waals surface area contributed by atoms with Gasteiger partial charge in [-0.1, -0.05) is 52.0 Å². The second-order valence-corrected chi connectivity index (χ2v) is 11.8. The van der Waals surface area contributed by atoms with E-state index in [0.717, 1.165) is 16.8 Å². The highest BCUT2D eigenvalue weighted by atomic mass is 32.2. The van der Waals surface area contributed by atoms with Gasteiger partial charge in [0.1, 0.15) is 0 Å². The summed E-state index contributed by atoms with van der Waals surface area (Å²) >= 11 is 0. The summed E-state index contributed by atoms with van der Waals surface area (Å²) in [6, 6.07) is 10.2. The molecule has 0 aliphatic carbocycles. The number of carbonyl (C=O) groups is 2. The van der Waals surface area contributed by atoms with Crippen molar-refractivity contribution < 1.29 is 22.7 Å². The molecule has 2 rings (SSSR count). The molecule has 0 unspecified atom stereocenters. The molecule has 0 bridgehead atoms. The molecule has 0 aromatic heterocycles. The van der Waals surface area contributed by atoms with E-state index in [-0.39, 0.29) is 22.3 Å². The van der Waals surface area contributed by atoms with Crippen LogP contribution in [0.5, 0.6) is 0 Å². The van der Waals surface area contributed by atoms with Crippen molar-refractivity contribution in [2.45, 2.75) is 77.7 Å². The Kier molecular flexibility index (Phi) is 8.66. The Bertz CT molecular complexity index is 1140. The molecular formula is C26H36N2O5S. The number of esters is 1. The maximum Gasteiger partial charge on any atom is 0.338 e. The van der Waals surface area contributed by atoms with E-state index in [2.05, 4.69) is 10.0 Å². The zero-order valence-corrected chi connectivity index (χ0v) is 22.1. The summed E-state index contributed by atoms with van der Waals surface area (Å²) in [5.41, 5.74) is 2.72. The summed E-state index contributed by atoms with van der Waals surface area (Å²) in [5.74, 6) is -0.822. The smallest absolute Gasteiger partial charge is 0.338 e. The normalized spacial score (nSPS) is 12.2. The lowest BCUT2D eigenvalue weighted by atomic mass is 9.92. The Hall–Kier alpha value is -2.71. The average molecular weight is 489 g/mol. The molecule has 0 saturated heterocycles. The monoisotopic (exact) mass is 488 g/mol. The van der Waals surface area contributed by atoms with Crippen LogP contribution in [0.15, 0.2) is 41.3 Å². The van der Waals surface area contributed by atoms with Gasteiger partial charge in [-0.25, -0.2) is 17.9 Å². The van der Waals surface area contributed by atoms with Crippen LogP contribution >= 0.6 is 0 Å². The minimum absolute atomic E-state index is 0.0446. The number of anilines is 1. The van der Waals surface area contributed by atoms with Crippen LogP contribution in [-0.2, 0) is 19.6 Å². The van der Waals surface area contributed by atoms with Crippen LogP contribution in [0, 0.1) is 6.92 Å². The topological polar surface area (TPSA) is 102 Å². The maximum atomic E-state index is 12.7. The number of carbonyl (C=O) groups excluding carboxylic acids is 2. The summed E-state index contributed by atoms with van der Waals surface area (Å²) < 4.78 is 33.1. The summed E-state index contributed by atoms with van der Waals surface area (Å²) in [6.45, 7) is 14.6. The molecule has 34 heavy (non-hydrogen) atoms. The molecule has 2 N–H and O–H groups in total. The lowest BCUT2D eigenvalue weighted by Gasteiger charge is -2.21. The molecule has 0 spiro atoms. The number of amides is 1. The zero-order chi connectivity index (χ0) is 25.8. The van der Waals surface area contributed by atoms with Crippen molar-refractivity contribution in [2.75, 3.05) is 11.9 Å². The fourth-order valence-corrected chi connectivity index (χ4v) is 4.97. The SMILES string of the molecule is Cc1ccc(S(=O)(=O)NC(C)(C)C)cc1C(=O)OCC(=O)Nc1c(C(C)C)cccc1C(C)C. The van der Waals surface area contributed by atoms with Gasteiger partial charge >= 0.3 is 5.97 Å². The van der Waals surface area contributed by atoms with Crippen LogP contribution in [0.25, 0.3) is 0 Å². The molecule has 7 nitrogen and oxygen atoms in total. The number of para-hydroxylation sites is 1. The summed E-state index contributed by atoms with van der Waals surface area (Å²) in [4.78, 5) is 25.3. The Morgan fingerprint density at radius 1 is 0.971 bits per heavy atom. The van der Waals surface area contributed by atoms with Crippen LogP contribution in [0.4, 0.5) is 5.69 Å². The number of hydrogen-bond donors (Lipinski definition) is 2. The Labute approximate surface area is 203 Å². The van der Waals surface area contributed by atoms with Gasteiger partial charge in [-0.3, -0.25) is 4.79 Å². The average Bonchev–Trinajstić information content (AvgIpc) is 2.70. The minimum atomic E-state index is -3.83. The van der Waals surface area contributed by atoms with Gasteiger partial charge in [0.15, 0.2) is 6.61 Å². The first-order chi connectivity index (χ1) is 15.6. The van der Waals surface area contributed by atoms with Gasteiger partial charge in [0.2, 0.25) is 10.0 Å². The predicted octanol–water partition coefficient (Wildman–Crippen LogP) is 5.11. The molecule has 0 radical (unpaired) electrons. The third-order valence-corrected chi connectivity index (χ3v) is 6.91. The molecule has 0 saturated carbocycles. The van der Waals surface area contributed by atoms with Gasteiger partial charge in [0, 0.05) is 11.2 Å². The number of nitrogens with one attached hydrogen (secondary N) is 2. The molecule has 0 aliphatic rings. The number of aryl methyl sites for hydroxylation is 1. The first kappa shape index (κ1) is 27.5. The minimum Gasteiger partial charge on any atom is -0.452 e. The zero-order valence-electron chi connectivity index (χ0n) is 21.3. The quantitative estimate of drug-likeness (QED) is 0.503. The molecule has 0 fully saturated rings. The van der Waals surface area contributed by atoms with E-state index in [0.29, 0.717) is 5.56 Å². The first-order valence-electron chi connectivity index (χ1n) is 11.4. The second kappa shape index (κ2) is 10.7. The van der Waals surface area contributed by atoms with Crippen molar-refractivity contribution in [2.24, 2.45) is 0 Å². The Morgan fingerprint density at radius 2 is 1.53 bits per heavy atom. The van der Waals surface area contributed by atoms with E-state index >= 15 is 0 Å². The highest BCUT2D eigenvalue weighted by molar-refractivity contribution is 7.89. The molecule has 2 aromatic carbocycles. The van der Waals surface area contributed by atoms with Gasteiger partial charge < -0.3 is 10.1 Å². The molecule has 0 aliphatic heterocycles. The molecule has 186 valence electrons. The van der Waals surface area contributed by atoms with E-state index in [4.69, 9.17) is 4.74 Å². The summed E-state index contributed by atoms with van der Waals surface area (Å²) in [5, 5.41) is 2.90. The standard InChI is InChI=1S/C26H36N2O5S/c1-16(2)20-10-9-11-21(17(3)4)24(20)27-23(29)15-33-25(30)22-14-19(13-12-18(22)5)34(31,32)28-26(6,7)8/h9-14,16-17,28H,15H2,1-8H3,(H,27,29). The molecule has 2 aromatic rings. The second-order valence-electron chi connectivity index (χ2n) is 10.1. The first-order valence-corrected chi connectivity index (χ1v) is 12.8. The summed E-state index contributed by atoms with van der Waals surface area (Å²) in [6.07, 6.45) is 0. The van der Waals surface area contributed by atoms with Gasteiger partial charge in [0.25, 0.3) is 5.91 Å². The third kappa shape index (κ3) is 7.14. The number of rotatable bonds is 8. The van der Waals surface area contributed by atoms with Crippen LogP contribution in [0.1, 0.15) is 87.4 Å². The van der Waals surface area contributed by atoms with Gasteiger partial charge in [-0.15, -0.1) is 0 Å². The Balaban J connectivity index is 2.19. The maximum absolute atomic E-state index is 12.7. The van der Waals surface area contributed by atoms with E-state index in [9.17, 15) is 18.0 Å². The third-order valence-electron chi connectivity index (χ3n) is 5.15. The number of benzene rings is 2. The van der Waals surface area contributed by atoms with E-state index in [1.165, 1.54) is 12.1 Å². The van der Waals surface area contributed by atoms with Crippen molar-refractivity contribution in [3.05, 3.63) is 58.7 Å². The summed E-state index contributed by atoms with van der Waals surface area (Å²) in [7, 11) is -3.83. The lowest BCUT2D eigenvalue weighted by molar-refractivity contribution is -0.119. The van der Waals surface area contributed by atoms with Crippen LogP contribution in [-0.4, -0.2) is 32.4 Å². The molecule has 0 heterocycles. The molecule has 8 heteroatoms. The van der Waals surface area contributed by atoms with E-state index in [1.807, 2.05) is 45.9 Å². The van der Waals surface area contributed by atoms with Crippen molar-refractivity contribution in [1.82, 2.24) is 4.72 Å². The van der Waals surface area contributed by atoms with Crippen molar-refractivity contribution in [1.29, 1.82) is 0 Å². The van der Waals surface area contributed by atoms with Crippen molar-refractivity contribution in [3.8, 4) is 0 Å². The highest BCUT2D eigenvalue weighted by Gasteiger charge is 2.24. The highest BCUT2D eigenvalue weighted by Crippen LogP contribution is 2.32. The van der Waals surface area contributed by atoms with E-state index < -0.39 is 34.0 Å². The molecular weight excluding hydrogens is 452 g/mol. The number of hydrogen-bond acceptors (Lipinski definition) is 5. The number of sulfonamides is 1. The largest absolute Gasteiger partial charge is 0.452 e. The van der Waals surface area contributed by atoms with Crippen LogP contribution < -0.4 is 10.0 Å². The van der Waals surface area contributed by atoms with Crippen LogP contribution in [0.2, 0.25) is 0 Å². The predicted molar refractivity (Wildman–Crippen MR) is 135 cm³/mol. The Morgan fingerprint density at radius 3 is 2.03 bits per heavy atom. The van der Waals surface area contributed by atoms with Crippen LogP contribution in [0.3, 0.4) is 0 Å². The van der Waals surface area contributed by atoms with E-state index in [1.54, 1.807) is 33.8 Å². The lowest BCUT2D eigenvalue weighted by Crippen LogP contribution is -2.40. The number of ether oxygens (including phenoxy) is 1.